The van der Waals surface area contributed by atoms with Gasteiger partial charge < -0.3 is 10.3 Å². The van der Waals surface area contributed by atoms with Crippen molar-refractivity contribution in [2.45, 2.75) is 20.3 Å². The molecule has 0 radical (unpaired) electrons. The first-order valence-corrected chi connectivity index (χ1v) is 10.2. The molecule has 2 aromatic heterocycles. The van der Waals surface area contributed by atoms with Gasteiger partial charge in [-0.05, 0) is 43.7 Å². The van der Waals surface area contributed by atoms with Crippen LogP contribution in [0.15, 0.2) is 79.0 Å². The Morgan fingerprint density at radius 1 is 0.967 bits per heavy atom. The number of aromatic nitrogens is 2. The molecule has 0 saturated heterocycles. The summed E-state index contributed by atoms with van der Waals surface area (Å²) in [4.78, 5) is 4.98. The van der Waals surface area contributed by atoms with Crippen LogP contribution in [0.25, 0.3) is 39.5 Å². The highest BCUT2D eigenvalue weighted by Crippen LogP contribution is 2.32. The van der Waals surface area contributed by atoms with Crippen molar-refractivity contribution in [3.63, 3.8) is 0 Å². The number of allylic oxidation sites excluding steroid dienone is 1. The van der Waals surface area contributed by atoms with Crippen molar-refractivity contribution < 1.29 is 0 Å². The third-order valence-electron chi connectivity index (χ3n) is 4.99. The lowest BCUT2D eigenvalue weighted by molar-refractivity contribution is 0.994. The average Bonchev–Trinajstić information content (AvgIpc) is 2.82. The minimum absolute atomic E-state index is 0.438. The number of benzene rings is 2. The fraction of sp³-hybridized carbons (Fsp3) is 0.154. The molecule has 0 fully saturated rings. The van der Waals surface area contributed by atoms with Gasteiger partial charge in [0.15, 0.2) is 0 Å². The number of rotatable bonds is 4. The third-order valence-corrected chi connectivity index (χ3v) is 4.99. The molecule has 0 aliphatic carbocycles. The van der Waals surface area contributed by atoms with Gasteiger partial charge in [0.2, 0.25) is 0 Å². The predicted molar refractivity (Wildman–Crippen MR) is 127 cm³/mol. The van der Waals surface area contributed by atoms with Gasteiger partial charge in [-0.2, -0.15) is 0 Å². The molecule has 2 heterocycles. The maximum atomic E-state index is 8.60. The average molecular weight is 397 g/mol. The predicted octanol–water partition coefficient (Wildman–Crippen LogP) is 5.48. The molecule has 4 heteroatoms. The Morgan fingerprint density at radius 3 is 2.30 bits per heavy atom. The summed E-state index contributed by atoms with van der Waals surface area (Å²) in [7, 11) is 1.50. The molecule has 0 aliphatic rings. The zero-order chi connectivity index (χ0) is 21.5. The molecule has 0 spiro atoms. The van der Waals surface area contributed by atoms with Gasteiger partial charge in [0.05, 0.1) is 11.2 Å². The second-order valence-electron chi connectivity index (χ2n) is 6.79. The van der Waals surface area contributed by atoms with Gasteiger partial charge in [0, 0.05) is 28.9 Å². The fourth-order valence-electron chi connectivity index (χ4n) is 3.45. The van der Waals surface area contributed by atoms with Crippen LogP contribution >= 0.6 is 0 Å². The standard InChI is InChI=1S/C25H23N3.CH5N/c1-3-15-28-16-14-23-22(25(28)26)17-21(19-8-6-5-7-9-19)24(27-23)20-12-10-18(4-2)11-13-20;1-2/h3,5-17,26H,4H2,1-2H3;2H2,1H3/b15-3-,26-25?;. The number of pyridine rings is 2. The second kappa shape index (κ2) is 9.81. The lowest BCUT2D eigenvalue weighted by atomic mass is 9.97. The van der Waals surface area contributed by atoms with E-state index < -0.39 is 0 Å². The minimum Gasteiger partial charge on any atom is -0.333 e. The molecular formula is C26H28N4. The summed E-state index contributed by atoms with van der Waals surface area (Å²) >= 11 is 0. The molecule has 3 N–H and O–H groups in total. The highest BCUT2D eigenvalue weighted by atomic mass is 15.0. The van der Waals surface area contributed by atoms with Gasteiger partial charge in [0.25, 0.3) is 0 Å². The van der Waals surface area contributed by atoms with E-state index in [0.29, 0.717) is 5.49 Å². The Balaban J connectivity index is 0.00000124. The summed E-state index contributed by atoms with van der Waals surface area (Å²) in [6.07, 6.45) is 6.73. The Morgan fingerprint density at radius 2 is 1.67 bits per heavy atom. The van der Waals surface area contributed by atoms with Gasteiger partial charge in [0.1, 0.15) is 5.49 Å². The van der Waals surface area contributed by atoms with Crippen LogP contribution in [0, 0.1) is 5.41 Å². The maximum Gasteiger partial charge on any atom is 0.138 e. The van der Waals surface area contributed by atoms with Crippen LogP contribution in [0.4, 0.5) is 0 Å². The van der Waals surface area contributed by atoms with Crippen LogP contribution in [0.3, 0.4) is 0 Å². The van der Waals surface area contributed by atoms with Crippen molar-refractivity contribution in [2.75, 3.05) is 7.05 Å². The normalized spacial score (nSPS) is 10.8. The van der Waals surface area contributed by atoms with E-state index in [0.717, 1.165) is 39.7 Å². The summed E-state index contributed by atoms with van der Waals surface area (Å²) in [5.74, 6) is 0. The molecule has 0 saturated carbocycles. The zero-order valence-electron chi connectivity index (χ0n) is 17.8. The van der Waals surface area contributed by atoms with Crippen molar-refractivity contribution in [2.24, 2.45) is 5.73 Å². The van der Waals surface area contributed by atoms with Crippen LogP contribution in [0.2, 0.25) is 0 Å². The quantitative estimate of drug-likeness (QED) is 0.480. The van der Waals surface area contributed by atoms with E-state index >= 15 is 0 Å². The smallest absolute Gasteiger partial charge is 0.138 e. The Kier molecular flexibility index (Phi) is 6.94. The molecule has 4 nitrogen and oxygen atoms in total. The van der Waals surface area contributed by atoms with Gasteiger partial charge >= 0.3 is 0 Å². The molecular weight excluding hydrogens is 368 g/mol. The van der Waals surface area contributed by atoms with E-state index in [4.69, 9.17) is 10.4 Å². The summed E-state index contributed by atoms with van der Waals surface area (Å²) in [6, 6.07) is 23.0. The molecule has 4 aromatic rings. The van der Waals surface area contributed by atoms with Gasteiger partial charge in [-0.1, -0.05) is 67.6 Å². The fourth-order valence-corrected chi connectivity index (χ4v) is 3.45. The number of aryl methyl sites for hydroxylation is 1. The summed E-state index contributed by atoms with van der Waals surface area (Å²) in [5, 5.41) is 9.44. The van der Waals surface area contributed by atoms with Crippen LogP contribution in [0.1, 0.15) is 19.4 Å². The van der Waals surface area contributed by atoms with E-state index in [1.54, 1.807) is 0 Å². The number of fused-ring (bicyclic) bond motifs is 1. The Labute approximate surface area is 177 Å². The highest BCUT2D eigenvalue weighted by molar-refractivity contribution is 5.91. The van der Waals surface area contributed by atoms with Crippen molar-refractivity contribution in [1.29, 1.82) is 5.41 Å². The molecule has 30 heavy (non-hydrogen) atoms. The van der Waals surface area contributed by atoms with Crippen molar-refractivity contribution in [3.8, 4) is 22.4 Å². The van der Waals surface area contributed by atoms with Crippen molar-refractivity contribution in [1.82, 2.24) is 9.55 Å². The first-order valence-electron chi connectivity index (χ1n) is 10.2. The number of hydrogen-bond donors (Lipinski definition) is 2. The van der Waals surface area contributed by atoms with Crippen molar-refractivity contribution >= 4 is 17.1 Å². The van der Waals surface area contributed by atoms with E-state index in [2.05, 4.69) is 55.1 Å². The van der Waals surface area contributed by atoms with E-state index in [1.165, 1.54) is 12.6 Å². The number of nitrogens with two attached hydrogens (primary N) is 1. The largest absolute Gasteiger partial charge is 0.333 e. The molecule has 0 amide bonds. The number of nitrogens with zero attached hydrogens (tertiary/aromatic N) is 2. The van der Waals surface area contributed by atoms with Gasteiger partial charge in [-0.25, -0.2) is 4.98 Å². The topological polar surface area (TPSA) is 67.7 Å². The molecule has 152 valence electrons. The highest BCUT2D eigenvalue weighted by Gasteiger charge is 2.13. The van der Waals surface area contributed by atoms with E-state index in [-0.39, 0.29) is 0 Å². The molecule has 0 aliphatic heterocycles. The SMILES string of the molecule is C/C=C\n1ccc2nc(-c3ccc(CC)cc3)c(-c3ccccc3)cc2c1=N.CN. The van der Waals surface area contributed by atoms with Crippen LogP contribution in [0.5, 0.6) is 0 Å². The number of nitrogens with one attached hydrogen (secondary N) is 1. The van der Waals surface area contributed by atoms with Crippen LogP contribution in [-0.2, 0) is 6.42 Å². The van der Waals surface area contributed by atoms with Gasteiger partial charge in [-0.15, -0.1) is 0 Å². The van der Waals surface area contributed by atoms with E-state index in [9.17, 15) is 0 Å². The summed E-state index contributed by atoms with van der Waals surface area (Å²) < 4.78 is 1.81. The first-order chi connectivity index (χ1) is 14.7. The molecule has 0 unspecified atom stereocenters. The molecule has 0 bridgehead atoms. The molecule has 2 aromatic carbocycles. The first kappa shape index (κ1) is 21.2. The number of hydrogen-bond acceptors (Lipinski definition) is 3. The Hall–Kier alpha value is -3.50. The van der Waals surface area contributed by atoms with Crippen molar-refractivity contribution in [3.05, 3.63) is 90.1 Å². The lowest BCUT2D eigenvalue weighted by Gasteiger charge is -2.13. The van der Waals surface area contributed by atoms with Crippen LogP contribution < -0.4 is 11.2 Å². The Bertz CT molecular complexity index is 1200. The summed E-state index contributed by atoms with van der Waals surface area (Å²) in [6.45, 7) is 4.11. The lowest BCUT2D eigenvalue weighted by Crippen LogP contribution is -2.15. The maximum absolute atomic E-state index is 8.60. The second-order valence-corrected chi connectivity index (χ2v) is 6.79. The minimum atomic E-state index is 0.438. The third kappa shape index (κ3) is 4.24. The van der Waals surface area contributed by atoms with Gasteiger partial charge in [-0.3, -0.25) is 5.41 Å². The van der Waals surface area contributed by atoms with E-state index in [1.807, 2.05) is 54.2 Å². The monoisotopic (exact) mass is 396 g/mol. The molecule has 0 atom stereocenters. The summed E-state index contributed by atoms with van der Waals surface area (Å²) in [5.41, 5.74) is 11.3. The zero-order valence-corrected chi connectivity index (χ0v) is 17.8. The van der Waals surface area contributed by atoms with Crippen LogP contribution in [-0.4, -0.2) is 16.6 Å². The molecule has 4 rings (SSSR count).